The van der Waals surface area contributed by atoms with Crippen molar-refractivity contribution in [2.45, 2.75) is 20.0 Å². The molecule has 0 bridgehead atoms. The summed E-state index contributed by atoms with van der Waals surface area (Å²) >= 11 is 1.74. The Bertz CT molecular complexity index is 60.6. The fourth-order valence-corrected chi connectivity index (χ4v) is 1.16. The summed E-state index contributed by atoms with van der Waals surface area (Å²) in [6.45, 7) is 5.18. The Morgan fingerprint density at radius 1 is 1.50 bits per heavy atom. The van der Waals surface area contributed by atoms with Crippen molar-refractivity contribution >= 4 is 11.8 Å². The van der Waals surface area contributed by atoms with E-state index in [2.05, 4.69) is 6.92 Å². The van der Waals surface area contributed by atoms with Crippen molar-refractivity contribution in [3.8, 4) is 0 Å². The lowest BCUT2D eigenvalue weighted by molar-refractivity contribution is 0.0551. The summed E-state index contributed by atoms with van der Waals surface area (Å²) in [7, 11) is 0. The molecule has 3 heteroatoms. The average Bonchev–Trinajstić information content (AvgIpc) is 1.97. The molecule has 1 N–H and O–H groups in total. The van der Waals surface area contributed by atoms with E-state index < -0.39 is 0 Å². The molecule has 10 heavy (non-hydrogen) atoms. The van der Waals surface area contributed by atoms with E-state index >= 15 is 0 Å². The van der Waals surface area contributed by atoms with Crippen LogP contribution in [-0.2, 0) is 4.74 Å². The molecule has 0 saturated carbocycles. The highest BCUT2D eigenvalue weighted by Crippen LogP contribution is 2.01. The lowest BCUT2D eigenvalue weighted by atomic mass is 10.4. The van der Waals surface area contributed by atoms with Gasteiger partial charge in [0.05, 0.1) is 12.7 Å². The highest BCUT2D eigenvalue weighted by Gasteiger charge is 2.01. The fraction of sp³-hybridized carbons (Fsp3) is 1.00. The molecule has 0 fully saturated rings. The third-order valence-corrected chi connectivity index (χ3v) is 2.06. The number of hydrogen-bond donors (Lipinski definition) is 1. The van der Waals surface area contributed by atoms with Crippen LogP contribution in [0.2, 0.25) is 0 Å². The zero-order chi connectivity index (χ0) is 7.82. The summed E-state index contributed by atoms with van der Waals surface area (Å²) in [5.74, 6) is 1.85. The summed E-state index contributed by atoms with van der Waals surface area (Å²) in [4.78, 5) is 0. The molecule has 0 heterocycles. The van der Waals surface area contributed by atoms with E-state index in [1.807, 2.05) is 6.92 Å². The lowest BCUT2D eigenvalue weighted by Crippen LogP contribution is -2.17. The second-order valence-electron chi connectivity index (χ2n) is 1.97. The molecule has 1 atom stereocenters. The highest BCUT2D eigenvalue weighted by molar-refractivity contribution is 7.99. The van der Waals surface area contributed by atoms with Crippen molar-refractivity contribution in [3.05, 3.63) is 0 Å². The van der Waals surface area contributed by atoms with Gasteiger partial charge in [-0.1, -0.05) is 6.92 Å². The van der Waals surface area contributed by atoms with Crippen LogP contribution in [0.5, 0.6) is 0 Å². The molecule has 0 amide bonds. The maximum Gasteiger partial charge on any atom is 0.0863 e. The summed E-state index contributed by atoms with van der Waals surface area (Å²) in [6.07, 6.45) is -0.287. The van der Waals surface area contributed by atoms with Gasteiger partial charge >= 0.3 is 0 Å². The molecule has 62 valence electrons. The first-order chi connectivity index (χ1) is 4.81. The van der Waals surface area contributed by atoms with E-state index in [1.54, 1.807) is 11.8 Å². The molecule has 0 aromatic heterocycles. The van der Waals surface area contributed by atoms with Gasteiger partial charge in [0, 0.05) is 12.4 Å². The number of ether oxygens (including phenoxy) is 1. The van der Waals surface area contributed by atoms with E-state index in [4.69, 9.17) is 9.84 Å². The highest BCUT2D eigenvalue weighted by atomic mass is 32.2. The number of aliphatic hydroxyl groups is 1. The molecule has 0 aromatic rings. The van der Waals surface area contributed by atoms with Crippen molar-refractivity contribution in [1.82, 2.24) is 0 Å². The minimum absolute atomic E-state index is 0.287. The summed E-state index contributed by atoms with van der Waals surface area (Å²) in [5, 5.41) is 9.17. The van der Waals surface area contributed by atoms with Crippen molar-refractivity contribution < 1.29 is 9.84 Å². The van der Waals surface area contributed by atoms with Gasteiger partial charge in [0.1, 0.15) is 0 Å². The third-order valence-electron chi connectivity index (χ3n) is 1.03. The first kappa shape index (κ1) is 10.3. The minimum atomic E-state index is -0.287. The van der Waals surface area contributed by atoms with Gasteiger partial charge < -0.3 is 9.84 Å². The summed E-state index contributed by atoms with van der Waals surface area (Å²) in [5.41, 5.74) is 0. The van der Waals surface area contributed by atoms with Crippen molar-refractivity contribution in [2.24, 2.45) is 0 Å². The van der Waals surface area contributed by atoms with Gasteiger partial charge in [-0.05, 0) is 12.7 Å². The Hall–Kier alpha value is 0.270. The molecule has 0 aromatic carbocycles. The molecule has 0 aliphatic heterocycles. The van der Waals surface area contributed by atoms with Crippen LogP contribution in [0.4, 0.5) is 0 Å². The molecule has 0 rings (SSSR count). The van der Waals surface area contributed by atoms with Crippen LogP contribution in [0.3, 0.4) is 0 Å². The van der Waals surface area contributed by atoms with Crippen LogP contribution in [0.15, 0.2) is 0 Å². The van der Waals surface area contributed by atoms with E-state index in [0.717, 1.165) is 11.5 Å². The smallest absolute Gasteiger partial charge is 0.0863 e. The van der Waals surface area contributed by atoms with Gasteiger partial charge in [-0.25, -0.2) is 0 Å². The molecule has 0 saturated heterocycles. The topological polar surface area (TPSA) is 29.5 Å². The maximum absolute atomic E-state index is 9.17. The molecule has 0 aliphatic rings. The molecule has 0 radical (unpaired) electrons. The Morgan fingerprint density at radius 2 is 2.20 bits per heavy atom. The first-order valence-electron chi connectivity index (χ1n) is 3.64. The summed E-state index contributed by atoms with van der Waals surface area (Å²) in [6, 6.07) is 0. The minimum Gasteiger partial charge on any atom is -0.390 e. The van der Waals surface area contributed by atoms with Gasteiger partial charge in [-0.15, -0.1) is 0 Å². The normalized spacial score (nSPS) is 13.5. The second-order valence-corrected chi connectivity index (χ2v) is 3.29. The predicted molar refractivity (Wildman–Crippen MR) is 45.5 cm³/mol. The number of thioether (sulfide) groups is 1. The number of rotatable bonds is 6. The summed E-state index contributed by atoms with van der Waals surface area (Å²) < 4.78 is 5.03. The van der Waals surface area contributed by atoms with Crippen molar-refractivity contribution in [1.29, 1.82) is 0 Å². The Balaban J connectivity index is 3.00. The lowest BCUT2D eigenvalue weighted by Gasteiger charge is -2.08. The Kier molecular flexibility index (Phi) is 7.58. The Labute approximate surface area is 67.0 Å². The maximum atomic E-state index is 9.17. The third kappa shape index (κ3) is 6.39. The van der Waals surface area contributed by atoms with Crippen LogP contribution >= 0.6 is 11.8 Å². The van der Waals surface area contributed by atoms with Crippen LogP contribution < -0.4 is 0 Å². The van der Waals surface area contributed by atoms with Crippen LogP contribution in [-0.4, -0.2) is 35.9 Å². The van der Waals surface area contributed by atoms with E-state index in [-0.39, 0.29) is 6.10 Å². The van der Waals surface area contributed by atoms with E-state index in [1.165, 1.54) is 0 Å². The van der Waals surface area contributed by atoms with Crippen LogP contribution in [0.1, 0.15) is 13.8 Å². The molecular weight excluding hydrogens is 148 g/mol. The fourth-order valence-electron chi connectivity index (χ4n) is 0.556. The SMILES string of the molecule is CCOCC(O)CSCC. The van der Waals surface area contributed by atoms with E-state index in [9.17, 15) is 0 Å². The van der Waals surface area contributed by atoms with Crippen LogP contribution in [0, 0.1) is 0 Å². The van der Waals surface area contributed by atoms with Gasteiger partial charge in [0.15, 0.2) is 0 Å². The molecular formula is C7H16O2S. The van der Waals surface area contributed by atoms with Gasteiger partial charge in [0.25, 0.3) is 0 Å². The molecule has 1 unspecified atom stereocenters. The molecule has 0 spiro atoms. The Morgan fingerprint density at radius 3 is 2.70 bits per heavy atom. The van der Waals surface area contributed by atoms with Crippen molar-refractivity contribution in [3.63, 3.8) is 0 Å². The van der Waals surface area contributed by atoms with Gasteiger partial charge in [-0.2, -0.15) is 11.8 Å². The number of aliphatic hydroxyl groups excluding tert-OH is 1. The average molecular weight is 164 g/mol. The second kappa shape index (κ2) is 7.38. The standard InChI is InChI=1S/C7H16O2S/c1-3-9-5-7(8)6-10-4-2/h7-8H,3-6H2,1-2H3. The predicted octanol–water partition coefficient (Wildman–Crippen LogP) is 1.14. The van der Waals surface area contributed by atoms with E-state index in [0.29, 0.717) is 13.2 Å². The van der Waals surface area contributed by atoms with Gasteiger partial charge in [0.2, 0.25) is 0 Å². The zero-order valence-corrected chi connectivity index (χ0v) is 7.49. The van der Waals surface area contributed by atoms with Crippen LogP contribution in [0.25, 0.3) is 0 Å². The van der Waals surface area contributed by atoms with Crippen molar-refractivity contribution in [2.75, 3.05) is 24.7 Å². The largest absolute Gasteiger partial charge is 0.390 e. The molecule has 0 aliphatic carbocycles. The monoisotopic (exact) mass is 164 g/mol. The molecule has 2 nitrogen and oxygen atoms in total. The first-order valence-corrected chi connectivity index (χ1v) is 4.80. The quantitative estimate of drug-likeness (QED) is 0.638. The van der Waals surface area contributed by atoms with Gasteiger partial charge in [-0.3, -0.25) is 0 Å². The zero-order valence-electron chi connectivity index (χ0n) is 6.67. The number of hydrogen-bond acceptors (Lipinski definition) is 3.